The van der Waals surface area contributed by atoms with Gasteiger partial charge in [0.15, 0.2) is 0 Å². The molecule has 0 unspecified atom stereocenters. The molecule has 98 valence electrons. The number of nitrogens with zero attached hydrogens (tertiary/aromatic N) is 2. The molecular weight excluding hydrogens is 248 g/mol. The molecule has 0 N–H and O–H groups in total. The molecule has 0 radical (unpaired) electrons. The second-order valence-corrected chi connectivity index (χ2v) is 4.96. The van der Waals surface area contributed by atoms with Crippen LogP contribution in [0, 0.1) is 0 Å². The number of rotatable bonds is 4. The van der Waals surface area contributed by atoms with Crippen molar-refractivity contribution in [3.05, 3.63) is 35.9 Å². The smallest absolute Gasteiger partial charge is 0.223 e. The summed E-state index contributed by atoms with van der Waals surface area (Å²) in [7, 11) is 0. The van der Waals surface area contributed by atoms with E-state index in [0.29, 0.717) is 12.3 Å². The Bertz CT molecular complexity index is 375. The van der Waals surface area contributed by atoms with Gasteiger partial charge in [0.1, 0.15) is 0 Å². The number of carbonyl (C=O) groups excluding carboxylic acids is 1. The molecule has 1 fully saturated rings. The Morgan fingerprint density at radius 3 is 2.39 bits per heavy atom. The Morgan fingerprint density at radius 1 is 1.11 bits per heavy atom. The van der Waals surface area contributed by atoms with E-state index < -0.39 is 0 Å². The van der Waals surface area contributed by atoms with E-state index in [0.717, 1.165) is 32.7 Å². The lowest BCUT2D eigenvalue weighted by atomic mass is 10.2. The Morgan fingerprint density at radius 2 is 1.78 bits per heavy atom. The van der Waals surface area contributed by atoms with Gasteiger partial charge in [0, 0.05) is 45.0 Å². The number of alkyl halides is 1. The van der Waals surface area contributed by atoms with Crippen molar-refractivity contribution in [1.82, 2.24) is 9.80 Å². The van der Waals surface area contributed by atoms with Crippen LogP contribution in [0.1, 0.15) is 12.0 Å². The van der Waals surface area contributed by atoms with Gasteiger partial charge in [-0.25, -0.2) is 0 Å². The molecule has 3 nitrogen and oxygen atoms in total. The van der Waals surface area contributed by atoms with Gasteiger partial charge in [-0.15, -0.1) is 11.6 Å². The third-order valence-electron chi connectivity index (χ3n) is 3.28. The van der Waals surface area contributed by atoms with E-state index in [1.54, 1.807) is 0 Å². The van der Waals surface area contributed by atoms with Gasteiger partial charge in [-0.05, 0) is 5.56 Å². The van der Waals surface area contributed by atoms with Crippen LogP contribution in [0.5, 0.6) is 0 Å². The van der Waals surface area contributed by atoms with Crippen molar-refractivity contribution < 1.29 is 4.79 Å². The van der Waals surface area contributed by atoms with Gasteiger partial charge in [0.2, 0.25) is 5.91 Å². The third kappa shape index (κ3) is 3.72. The van der Waals surface area contributed by atoms with Gasteiger partial charge in [-0.3, -0.25) is 9.69 Å². The van der Waals surface area contributed by atoms with Gasteiger partial charge < -0.3 is 4.90 Å². The number of amides is 1. The fraction of sp³-hybridized carbons (Fsp3) is 0.500. The second kappa shape index (κ2) is 6.76. The SMILES string of the molecule is O=C(CCCl)N1CCN(Cc2ccccc2)CC1. The number of benzene rings is 1. The molecule has 0 spiro atoms. The van der Waals surface area contributed by atoms with Crippen molar-refractivity contribution in [3.8, 4) is 0 Å². The average Bonchev–Trinajstić information content (AvgIpc) is 2.41. The molecule has 1 saturated heterocycles. The maximum Gasteiger partial charge on any atom is 0.223 e. The molecule has 0 atom stereocenters. The minimum Gasteiger partial charge on any atom is -0.340 e. The van der Waals surface area contributed by atoms with Crippen LogP contribution in [0.3, 0.4) is 0 Å². The molecule has 0 saturated carbocycles. The zero-order valence-electron chi connectivity index (χ0n) is 10.5. The molecule has 0 bridgehead atoms. The fourth-order valence-corrected chi connectivity index (χ4v) is 2.40. The summed E-state index contributed by atoms with van der Waals surface area (Å²) in [5, 5.41) is 0. The van der Waals surface area contributed by atoms with Crippen LogP contribution in [0.25, 0.3) is 0 Å². The van der Waals surface area contributed by atoms with E-state index in [4.69, 9.17) is 11.6 Å². The Hall–Kier alpha value is -1.06. The molecule has 4 heteroatoms. The lowest BCUT2D eigenvalue weighted by Gasteiger charge is -2.34. The molecule has 1 aliphatic heterocycles. The summed E-state index contributed by atoms with van der Waals surface area (Å²) < 4.78 is 0. The predicted molar refractivity (Wildman–Crippen MR) is 73.6 cm³/mol. The maximum absolute atomic E-state index is 11.7. The van der Waals surface area contributed by atoms with Crippen LogP contribution >= 0.6 is 11.6 Å². The first-order valence-electron chi connectivity index (χ1n) is 6.39. The Labute approximate surface area is 113 Å². The summed E-state index contributed by atoms with van der Waals surface area (Å²) in [6.45, 7) is 4.51. The molecule has 18 heavy (non-hydrogen) atoms. The third-order valence-corrected chi connectivity index (χ3v) is 3.47. The number of halogens is 1. The van der Waals surface area contributed by atoms with Gasteiger partial charge in [0.05, 0.1) is 0 Å². The van der Waals surface area contributed by atoms with E-state index >= 15 is 0 Å². The first-order valence-corrected chi connectivity index (χ1v) is 6.93. The fourth-order valence-electron chi connectivity index (χ4n) is 2.24. The lowest BCUT2D eigenvalue weighted by molar-refractivity contribution is -0.132. The number of carbonyl (C=O) groups is 1. The molecule has 1 aromatic carbocycles. The molecule has 1 amide bonds. The van der Waals surface area contributed by atoms with E-state index in [9.17, 15) is 4.79 Å². The van der Waals surface area contributed by atoms with Crippen molar-refractivity contribution in [1.29, 1.82) is 0 Å². The van der Waals surface area contributed by atoms with Crippen LogP contribution in [-0.2, 0) is 11.3 Å². The summed E-state index contributed by atoms with van der Waals surface area (Å²) in [4.78, 5) is 16.0. The van der Waals surface area contributed by atoms with Crippen LogP contribution in [0.15, 0.2) is 30.3 Å². The summed E-state index contributed by atoms with van der Waals surface area (Å²) in [5.41, 5.74) is 1.33. The van der Waals surface area contributed by atoms with Crippen LogP contribution in [-0.4, -0.2) is 47.8 Å². The Kier molecular flexibility index (Phi) is 5.02. The topological polar surface area (TPSA) is 23.6 Å². The first kappa shape index (κ1) is 13.4. The highest BCUT2D eigenvalue weighted by molar-refractivity contribution is 6.18. The Balaban J connectivity index is 1.78. The van der Waals surface area contributed by atoms with Crippen LogP contribution in [0.4, 0.5) is 0 Å². The van der Waals surface area contributed by atoms with Crippen molar-refractivity contribution in [3.63, 3.8) is 0 Å². The van der Waals surface area contributed by atoms with Crippen molar-refractivity contribution >= 4 is 17.5 Å². The highest BCUT2D eigenvalue weighted by Crippen LogP contribution is 2.09. The van der Waals surface area contributed by atoms with E-state index in [1.165, 1.54) is 5.56 Å². The quantitative estimate of drug-likeness (QED) is 0.778. The summed E-state index contributed by atoms with van der Waals surface area (Å²) >= 11 is 5.59. The predicted octanol–water partition coefficient (Wildman–Crippen LogP) is 1.96. The van der Waals surface area contributed by atoms with Crippen molar-refractivity contribution in [2.24, 2.45) is 0 Å². The molecule has 0 aromatic heterocycles. The molecule has 1 heterocycles. The van der Waals surface area contributed by atoms with E-state index in [-0.39, 0.29) is 5.91 Å². The minimum absolute atomic E-state index is 0.185. The summed E-state index contributed by atoms with van der Waals surface area (Å²) in [6.07, 6.45) is 0.459. The first-order chi connectivity index (χ1) is 8.79. The molecule has 1 aliphatic rings. The van der Waals surface area contributed by atoms with Gasteiger partial charge in [-0.1, -0.05) is 30.3 Å². The van der Waals surface area contributed by atoms with Crippen molar-refractivity contribution in [2.75, 3.05) is 32.1 Å². The van der Waals surface area contributed by atoms with Gasteiger partial charge in [-0.2, -0.15) is 0 Å². The van der Waals surface area contributed by atoms with Crippen LogP contribution < -0.4 is 0 Å². The van der Waals surface area contributed by atoms with Crippen LogP contribution in [0.2, 0.25) is 0 Å². The normalized spacial score (nSPS) is 16.8. The van der Waals surface area contributed by atoms with Gasteiger partial charge >= 0.3 is 0 Å². The lowest BCUT2D eigenvalue weighted by Crippen LogP contribution is -2.48. The number of piperazine rings is 1. The standard InChI is InChI=1S/C14H19ClN2O/c15-7-6-14(18)17-10-8-16(9-11-17)12-13-4-2-1-3-5-13/h1-5H,6-12H2. The zero-order valence-corrected chi connectivity index (χ0v) is 11.3. The molecular formula is C14H19ClN2O. The van der Waals surface area contributed by atoms with Crippen molar-refractivity contribution in [2.45, 2.75) is 13.0 Å². The largest absolute Gasteiger partial charge is 0.340 e. The number of hydrogen-bond donors (Lipinski definition) is 0. The zero-order chi connectivity index (χ0) is 12.8. The highest BCUT2D eigenvalue weighted by atomic mass is 35.5. The minimum atomic E-state index is 0.185. The molecule has 1 aromatic rings. The monoisotopic (exact) mass is 266 g/mol. The summed E-state index contributed by atoms with van der Waals surface area (Å²) in [5.74, 6) is 0.604. The maximum atomic E-state index is 11.7. The highest BCUT2D eigenvalue weighted by Gasteiger charge is 2.20. The average molecular weight is 267 g/mol. The molecule has 0 aliphatic carbocycles. The molecule has 2 rings (SSSR count). The summed E-state index contributed by atoms with van der Waals surface area (Å²) in [6, 6.07) is 10.5. The van der Waals surface area contributed by atoms with Gasteiger partial charge in [0.25, 0.3) is 0 Å². The van der Waals surface area contributed by atoms with E-state index in [2.05, 4.69) is 29.2 Å². The number of hydrogen-bond acceptors (Lipinski definition) is 2. The second-order valence-electron chi connectivity index (χ2n) is 4.58. The van der Waals surface area contributed by atoms with E-state index in [1.807, 2.05) is 11.0 Å².